The first-order valence-electron chi connectivity index (χ1n) is 13.0. The highest BCUT2D eigenvalue weighted by atomic mass is 16.5. The number of rotatable bonds is 8. The molecule has 7 heteroatoms. The van der Waals surface area contributed by atoms with Crippen LogP contribution in [0.1, 0.15) is 84.3 Å². The molecule has 0 radical (unpaired) electrons. The summed E-state index contributed by atoms with van der Waals surface area (Å²) in [4.78, 5) is 26.3. The van der Waals surface area contributed by atoms with Gasteiger partial charge in [0.2, 0.25) is 11.8 Å². The Hall–Kier alpha value is -2.28. The molecule has 4 rings (SSSR count). The average Bonchev–Trinajstić information content (AvgIpc) is 2.80. The number of para-hydroxylation sites is 1. The van der Waals surface area contributed by atoms with Crippen molar-refractivity contribution in [1.29, 1.82) is 0 Å². The second-order valence-corrected chi connectivity index (χ2v) is 10.3. The number of carbonyl (C=O) groups excluding carboxylic acids is 2. The first-order valence-corrected chi connectivity index (χ1v) is 13.0. The Labute approximate surface area is 203 Å². The fourth-order valence-corrected chi connectivity index (χ4v) is 5.83. The molecule has 0 aromatic heterocycles. The van der Waals surface area contributed by atoms with Crippen molar-refractivity contribution in [2.45, 2.75) is 96.5 Å². The van der Waals surface area contributed by atoms with Gasteiger partial charge in [0.15, 0.2) is 11.5 Å². The lowest BCUT2D eigenvalue weighted by atomic mass is 9.72. The Kier molecular flexibility index (Phi) is 7.70. The van der Waals surface area contributed by atoms with Gasteiger partial charge >= 0.3 is 0 Å². The van der Waals surface area contributed by atoms with Crippen molar-refractivity contribution < 1.29 is 23.8 Å². The summed E-state index contributed by atoms with van der Waals surface area (Å²) in [5.41, 5.74) is 0.641. The standard InChI is InChI=1S/C27H40N2O5/c1-5-32-23-12-9-11-19-25-20(27(3,4)34-26(19)23)17-21-22(33-25)13-10-16-29(21)24(31)14-7-6-8-15-28-18(2)30/h9,11-12,20-22,25H,5-8,10,13-17H2,1-4H3,(H,28,30)/t20-,21-,22-,25+/m1/s1. The van der Waals surface area contributed by atoms with E-state index in [9.17, 15) is 9.59 Å². The van der Waals surface area contributed by atoms with E-state index in [0.717, 1.165) is 62.1 Å². The Morgan fingerprint density at radius 3 is 2.82 bits per heavy atom. The van der Waals surface area contributed by atoms with Gasteiger partial charge in [-0.25, -0.2) is 0 Å². The summed E-state index contributed by atoms with van der Waals surface area (Å²) in [6, 6.07) is 6.17. The quantitative estimate of drug-likeness (QED) is 0.568. The maximum atomic E-state index is 13.2. The van der Waals surface area contributed by atoms with Crippen LogP contribution in [0.4, 0.5) is 0 Å². The van der Waals surface area contributed by atoms with Crippen LogP contribution in [0.15, 0.2) is 18.2 Å². The minimum atomic E-state index is -0.425. The zero-order chi connectivity index (χ0) is 24.3. The molecule has 0 unspecified atom stereocenters. The Bertz CT molecular complexity index is 886. The number of piperidine rings is 1. The van der Waals surface area contributed by atoms with Gasteiger partial charge < -0.3 is 24.4 Å². The predicted molar refractivity (Wildman–Crippen MR) is 130 cm³/mol. The second kappa shape index (κ2) is 10.5. The number of hydrogen-bond acceptors (Lipinski definition) is 5. The molecule has 2 fully saturated rings. The van der Waals surface area contributed by atoms with Crippen LogP contribution in [-0.4, -0.2) is 54.2 Å². The molecule has 1 N–H and O–H groups in total. The van der Waals surface area contributed by atoms with Crippen molar-refractivity contribution in [3.63, 3.8) is 0 Å². The largest absolute Gasteiger partial charge is 0.490 e. The SMILES string of the molecule is CCOc1cccc2c1OC(C)(C)[C@@H]1C[C@@H]3[C@@H](CCCN3C(=O)CCCCCNC(C)=O)O[C@@H]21. The Morgan fingerprint density at radius 2 is 2.06 bits per heavy atom. The molecule has 0 bridgehead atoms. The number of nitrogens with zero attached hydrogens (tertiary/aromatic N) is 1. The van der Waals surface area contributed by atoms with Crippen LogP contribution < -0.4 is 14.8 Å². The zero-order valence-corrected chi connectivity index (χ0v) is 21.1. The molecular weight excluding hydrogens is 432 g/mol. The van der Waals surface area contributed by atoms with Crippen molar-refractivity contribution in [3.05, 3.63) is 23.8 Å². The van der Waals surface area contributed by atoms with Crippen LogP contribution in [0.25, 0.3) is 0 Å². The van der Waals surface area contributed by atoms with Crippen LogP contribution in [0.3, 0.4) is 0 Å². The molecule has 34 heavy (non-hydrogen) atoms. The van der Waals surface area contributed by atoms with Gasteiger partial charge in [0.1, 0.15) is 5.60 Å². The van der Waals surface area contributed by atoms with Gasteiger partial charge in [-0.2, -0.15) is 0 Å². The number of fused-ring (bicyclic) bond motifs is 4. The summed E-state index contributed by atoms with van der Waals surface area (Å²) in [6.07, 6.45) is 6.08. The molecule has 0 spiro atoms. The zero-order valence-electron chi connectivity index (χ0n) is 21.1. The van der Waals surface area contributed by atoms with Crippen molar-refractivity contribution >= 4 is 11.8 Å². The summed E-state index contributed by atoms with van der Waals surface area (Å²) in [5, 5.41) is 2.82. The molecule has 2 saturated heterocycles. The van der Waals surface area contributed by atoms with E-state index in [1.54, 1.807) is 0 Å². The third kappa shape index (κ3) is 5.19. The van der Waals surface area contributed by atoms with Crippen molar-refractivity contribution in [2.75, 3.05) is 19.7 Å². The number of nitrogens with one attached hydrogen (secondary N) is 1. The van der Waals surface area contributed by atoms with Crippen molar-refractivity contribution in [3.8, 4) is 11.5 Å². The van der Waals surface area contributed by atoms with Gasteiger partial charge in [-0.1, -0.05) is 18.6 Å². The number of carbonyl (C=O) groups is 2. The number of benzene rings is 1. The third-order valence-corrected chi connectivity index (χ3v) is 7.53. The fourth-order valence-electron chi connectivity index (χ4n) is 5.83. The summed E-state index contributed by atoms with van der Waals surface area (Å²) in [6.45, 7) is 9.84. The van der Waals surface area contributed by atoms with Gasteiger partial charge in [-0.3, -0.25) is 9.59 Å². The molecule has 3 heterocycles. The molecule has 3 aliphatic heterocycles. The van der Waals surface area contributed by atoms with Gasteiger partial charge in [-0.15, -0.1) is 0 Å². The Morgan fingerprint density at radius 1 is 1.24 bits per heavy atom. The molecule has 2 amide bonds. The van der Waals surface area contributed by atoms with Crippen LogP contribution in [0, 0.1) is 5.92 Å². The number of likely N-dealkylation sites (tertiary alicyclic amines) is 1. The molecule has 1 aromatic rings. The summed E-state index contributed by atoms with van der Waals surface area (Å²) >= 11 is 0. The van der Waals surface area contributed by atoms with E-state index >= 15 is 0 Å². The van der Waals surface area contributed by atoms with Gasteiger partial charge in [0, 0.05) is 37.9 Å². The van der Waals surface area contributed by atoms with Crippen molar-refractivity contribution in [1.82, 2.24) is 10.2 Å². The average molecular weight is 473 g/mol. The summed E-state index contributed by atoms with van der Waals surface area (Å²) < 4.78 is 19.2. The summed E-state index contributed by atoms with van der Waals surface area (Å²) in [5.74, 6) is 1.96. The number of unbranched alkanes of at least 4 members (excludes halogenated alkanes) is 2. The Balaban J connectivity index is 1.44. The number of ether oxygens (including phenoxy) is 3. The third-order valence-electron chi connectivity index (χ3n) is 7.53. The lowest BCUT2D eigenvalue weighted by molar-refractivity contribution is -0.193. The summed E-state index contributed by atoms with van der Waals surface area (Å²) in [7, 11) is 0. The van der Waals surface area contributed by atoms with Gasteiger partial charge in [-0.05, 0) is 58.9 Å². The molecular formula is C27H40N2O5. The van der Waals surface area contributed by atoms with Crippen LogP contribution in [-0.2, 0) is 14.3 Å². The van der Waals surface area contributed by atoms with E-state index in [1.807, 2.05) is 19.1 Å². The van der Waals surface area contributed by atoms with E-state index < -0.39 is 5.60 Å². The van der Waals surface area contributed by atoms with Crippen LogP contribution in [0.5, 0.6) is 11.5 Å². The monoisotopic (exact) mass is 472 g/mol. The lowest BCUT2D eigenvalue weighted by Gasteiger charge is -2.54. The maximum absolute atomic E-state index is 13.2. The van der Waals surface area contributed by atoms with E-state index in [1.165, 1.54) is 6.92 Å². The molecule has 0 aliphatic carbocycles. The highest BCUT2D eigenvalue weighted by molar-refractivity contribution is 5.76. The topological polar surface area (TPSA) is 77.1 Å². The van der Waals surface area contributed by atoms with E-state index in [2.05, 4.69) is 30.1 Å². The molecule has 4 atom stereocenters. The highest BCUT2D eigenvalue weighted by Gasteiger charge is 2.53. The first-order chi connectivity index (χ1) is 16.3. The number of amides is 2. The van der Waals surface area contributed by atoms with Gasteiger partial charge in [0.05, 0.1) is 24.9 Å². The molecule has 188 valence electrons. The minimum absolute atomic E-state index is 0.00242. The fraction of sp³-hybridized carbons (Fsp3) is 0.704. The smallest absolute Gasteiger partial charge is 0.222 e. The van der Waals surface area contributed by atoms with E-state index in [0.29, 0.717) is 19.6 Å². The molecule has 7 nitrogen and oxygen atoms in total. The van der Waals surface area contributed by atoms with Crippen molar-refractivity contribution in [2.24, 2.45) is 5.92 Å². The van der Waals surface area contributed by atoms with Crippen LogP contribution >= 0.6 is 0 Å². The maximum Gasteiger partial charge on any atom is 0.222 e. The second-order valence-electron chi connectivity index (χ2n) is 10.3. The van der Waals surface area contributed by atoms with Gasteiger partial charge in [0.25, 0.3) is 0 Å². The van der Waals surface area contributed by atoms with E-state index in [-0.39, 0.29) is 36.0 Å². The predicted octanol–water partition coefficient (Wildman–Crippen LogP) is 4.39. The lowest BCUT2D eigenvalue weighted by Crippen LogP contribution is -2.60. The highest BCUT2D eigenvalue weighted by Crippen LogP contribution is 2.54. The van der Waals surface area contributed by atoms with Crippen LogP contribution in [0.2, 0.25) is 0 Å². The normalized spacial score (nSPS) is 27.0. The molecule has 3 aliphatic rings. The first kappa shape index (κ1) is 24.8. The molecule has 1 aromatic carbocycles. The number of hydrogen-bond donors (Lipinski definition) is 1. The van der Waals surface area contributed by atoms with E-state index in [4.69, 9.17) is 14.2 Å². The molecule has 0 saturated carbocycles. The minimum Gasteiger partial charge on any atom is -0.490 e.